The van der Waals surface area contributed by atoms with Crippen LogP contribution in [0.5, 0.6) is 0 Å². The summed E-state index contributed by atoms with van der Waals surface area (Å²) in [6, 6.07) is 4.32. The van der Waals surface area contributed by atoms with E-state index in [9.17, 15) is 9.18 Å². The lowest BCUT2D eigenvalue weighted by atomic mass is 9.86. The standard InChI is InChI=1S/C19H18ClFN2OS/c1-3-11-4-6-13-16(8-11)25-18-17(13)19(24)23(10(2)22-18)12-5-7-15(21)14(20)9-12/h5,7,9,11H,3-4,6,8H2,1-2H3. The molecule has 0 bridgehead atoms. The molecule has 4 rings (SSSR count). The summed E-state index contributed by atoms with van der Waals surface area (Å²) in [7, 11) is 0. The van der Waals surface area contributed by atoms with E-state index in [-0.39, 0.29) is 10.6 Å². The van der Waals surface area contributed by atoms with E-state index < -0.39 is 5.82 Å². The lowest BCUT2D eigenvalue weighted by Gasteiger charge is -2.20. The van der Waals surface area contributed by atoms with Crippen molar-refractivity contribution in [3.63, 3.8) is 0 Å². The van der Waals surface area contributed by atoms with Crippen LogP contribution in [0.4, 0.5) is 4.39 Å². The number of fused-ring (bicyclic) bond motifs is 3. The summed E-state index contributed by atoms with van der Waals surface area (Å²) in [6.07, 6.45) is 4.25. The summed E-state index contributed by atoms with van der Waals surface area (Å²) in [6.45, 7) is 4.02. The van der Waals surface area contributed by atoms with Crippen LogP contribution in [-0.4, -0.2) is 9.55 Å². The molecule has 3 nitrogen and oxygen atoms in total. The second-order valence-corrected chi connectivity index (χ2v) is 8.09. The van der Waals surface area contributed by atoms with Crippen LogP contribution in [0.2, 0.25) is 5.02 Å². The zero-order valence-corrected chi connectivity index (χ0v) is 15.7. The van der Waals surface area contributed by atoms with E-state index in [4.69, 9.17) is 11.6 Å². The molecule has 1 atom stereocenters. The Hall–Kier alpha value is -1.72. The number of benzene rings is 1. The molecule has 0 saturated heterocycles. The maximum Gasteiger partial charge on any atom is 0.267 e. The summed E-state index contributed by atoms with van der Waals surface area (Å²) < 4.78 is 15.0. The van der Waals surface area contributed by atoms with Gasteiger partial charge >= 0.3 is 0 Å². The van der Waals surface area contributed by atoms with Gasteiger partial charge in [-0.15, -0.1) is 11.3 Å². The van der Waals surface area contributed by atoms with Crippen LogP contribution in [0.3, 0.4) is 0 Å². The molecule has 1 aliphatic carbocycles. The second-order valence-electron chi connectivity index (χ2n) is 6.60. The van der Waals surface area contributed by atoms with Crippen molar-refractivity contribution in [2.75, 3.05) is 0 Å². The predicted octanol–water partition coefficient (Wildman–Crippen LogP) is 5.06. The molecule has 0 aliphatic heterocycles. The van der Waals surface area contributed by atoms with Gasteiger partial charge in [-0.25, -0.2) is 9.37 Å². The second kappa shape index (κ2) is 6.22. The molecule has 2 aromatic heterocycles. The molecule has 1 unspecified atom stereocenters. The molecule has 6 heteroatoms. The molecular formula is C19H18ClFN2OS. The van der Waals surface area contributed by atoms with Gasteiger partial charge in [0.05, 0.1) is 16.1 Å². The minimum Gasteiger partial charge on any atom is -0.268 e. The van der Waals surface area contributed by atoms with Gasteiger partial charge in [0.25, 0.3) is 5.56 Å². The van der Waals surface area contributed by atoms with Gasteiger partial charge in [-0.3, -0.25) is 9.36 Å². The van der Waals surface area contributed by atoms with E-state index in [1.165, 1.54) is 28.0 Å². The van der Waals surface area contributed by atoms with Crippen molar-refractivity contribution >= 4 is 33.2 Å². The van der Waals surface area contributed by atoms with Gasteiger partial charge in [-0.2, -0.15) is 0 Å². The van der Waals surface area contributed by atoms with Crippen LogP contribution in [0.15, 0.2) is 23.0 Å². The third-order valence-electron chi connectivity index (χ3n) is 5.09. The van der Waals surface area contributed by atoms with Crippen LogP contribution in [-0.2, 0) is 12.8 Å². The molecule has 1 aliphatic rings. The fraction of sp³-hybridized carbons (Fsp3) is 0.368. The van der Waals surface area contributed by atoms with Gasteiger partial charge in [0, 0.05) is 4.88 Å². The minimum atomic E-state index is -0.497. The number of aryl methyl sites for hydroxylation is 2. The molecule has 0 radical (unpaired) electrons. The van der Waals surface area contributed by atoms with E-state index in [1.807, 2.05) is 0 Å². The Labute approximate surface area is 154 Å². The van der Waals surface area contributed by atoms with Crippen LogP contribution in [0.1, 0.15) is 36.0 Å². The number of halogens is 2. The summed E-state index contributed by atoms with van der Waals surface area (Å²) >= 11 is 7.55. The Morgan fingerprint density at radius 3 is 2.96 bits per heavy atom. The topological polar surface area (TPSA) is 34.9 Å². The van der Waals surface area contributed by atoms with Gasteiger partial charge in [-0.1, -0.05) is 24.9 Å². The molecule has 0 fully saturated rings. The average molecular weight is 377 g/mol. The number of aromatic nitrogens is 2. The zero-order valence-electron chi connectivity index (χ0n) is 14.1. The molecule has 25 heavy (non-hydrogen) atoms. The monoisotopic (exact) mass is 376 g/mol. The van der Waals surface area contributed by atoms with E-state index >= 15 is 0 Å². The fourth-order valence-electron chi connectivity index (χ4n) is 3.67. The molecule has 0 amide bonds. The van der Waals surface area contributed by atoms with Crippen molar-refractivity contribution in [1.29, 1.82) is 0 Å². The number of hydrogen-bond acceptors (Lipinski definition) is 3. The molecule has 0 N–H and O–H groups in total. The van der Waals surface area contributed by atoms with Crippen LogP contribution in [0, 0.1) is 18.7 Å². The highest BCUT2D eigenvalue weighted by molar-refractivity contribution is 7.18. The van der Waals surface area contributed by atoms with Crippen molar-refractivity contribution in [1.82, 2.24) is 9.55 Å². The number of rotatable bonds is 2. The van der Waals surface area contributed by atoms with Crippen molar-refractivity contribution in [3.8, 4) is 5.69 Å². The molecule has 130 valence electrons. The highest BCUT2D eigenvalue weighted by atomic mass is 35.5. The highest BCUT2D eigenvalue weighted by Gasteiger charge is 2.25. The van der Waals surface area contributed by atoms with E-state index in [2.05, 4.69) is 11.9 Å². The summed E-state index contributed by atoms with van der Waals surface area (Å²) in [4.78, 5) is 20.0. The molecule has 0 spiro atoms. The van der Waals surface area contributed by atoms with Crippen LogP contribution in [0.25, 0.3) is 15.9 Å². The number of nitrogens with zero attached hydrogens (tertiary/aromatic N) is 2. The summed E-state index contributed by atoms with van der Waals surface area (Å²) in [5.41, 5.74) is 1.62. The van der Waals surface area contributed by atoms with Crippen LogP contribution >= 0.6 is 22.9 Å². The molecule has 2 heterocycles. The Kier molecular flexibility index (Phi) is 4.16. The molecule has 3 aromatic rings. The fourth-order valence-corrected chi connectivity index (χ4v) is 5.22. The maximum atomic E-state index is 13.5. The Morgan fingerprint density at radius 1 is 1.44 bits per heavy atom. The molecular weight excluding hydrogens is 359 g/mol. The largest absolute Gasteiger partial charge is 0.268 e. The molecule has 0 saturated carbocycles. The van der Waals surface area contributed by atoms with Crippen molar-refractivity contribution in [2.24, 2.45) is 5.92 Å². The highest BCUT2D eigenvalue weighted by Crippen LogP contribution is 2.37. The number of thiophene rings is 1. The smallest absolute Gasteiger partial charge is 0.267 e. The van der Waals surface area contributed by atoms with Gasteiger partial charge in [-0.05, 0) is 55.9 Å². The average Bonchev–Trinajstić information content (AvgIpc) is 2.95. The van der Waals surface area contributed by atoms with Crippen molar-refractivity contribution in [3.05, 3.63) is 55.7 Å². The summed E-state index contributed by atoms with van der Waals surface area (Å²) in [5.74, 6) is 0.786. The quantitative estimate of drug-likeness (QED) is 0.626. The van der Waals surface area contributed by atoms with Crippen molar-refractivity contribution in [2.45, 2.75) is 39.5 Å². The predicted molar refractivity (Wildman–Crippen MR) is 101 cm³/mol. The van der Waals surface area contributed by atoms with Gasteiger partial charge in [0.2, 0.25) is 0 Å². The first kappa shape index (κ1) is 16.7. The maximum absolute atomic E-state index is 13.5. The summed E-state index contributed by atoms with van der Waals surface area (Å²) in [5, 5.41) is 0.725. The van der Waals surface area contributed by atoms with E-state index in [0.717, 1.165) is 35.0 Å². The first-order valence-corrected chi connectivity index (χ1v) is 9.68. The minimum absolute atomic E-state index is 0.00188. The van der Waals surface area contributed by atoms with Gasteiger partial charge < -0.3 is 0 Å². The van der Waals surface area contributed by atoms with Crippen LogP contribution < -0.4 is 5.56 Å². The SMILES string of the molecule is CCC1CCc2c(sc3nc(C)n(-c4ccc(F)c(Cl)c4)c(=O)c23)C1. The zero-order chi connectivity index (χ0) is 17.7. The Bertz CT molecular complexity index is 1040. The number of hydrogen-bond donors (Lipinski definition) is 0. The van der Waals surface area contributed by atoms with E-state index in [1.54, 1.807) is 24.3 Å². The first-order chi connectivity index (χ1) is 12.0. The third kappa shape index (κ3) is 2.70. The third-order valence-corrected chi connectivity index (χ3v) is 6.53. The Balaban J connectivity index is 1.95. The first-order valence-electron chi connectivity index (χ1n) is 8.49. The normalized spacial score (nSPS) is 17.0. The van der Waals surface area contributed by atoms with Gasteiger partial charge in [0.15, 0.2) is 0 Å². The Morgan fingerprint density at radius 2 is 2.24 bits per heavy atom. The van der Waals surface area contributed by atoms with E-state index in [0.29, 0.717) is 17.4 Å². The lowest BCUT2D eigenvalue weighted by Crippen LogP contribution is -2.23. The van der Waals surface area contributed by atoms with Gasteiger partial charge in [0.1, 0.15) is 16.5 Å². The molecule has 1 aromatic carbocycles. The van der Waals surface area contributed by atoms with Crippen molar-refractivity contribution < 1.29 is 4.39 Å². The lowest BCUT2D eigenvalue weighted by molar-refractivity contribution is 0.451.